The van der Waals surface area contributed by atoms with E-state index in [0.29, 0.717) is 19.6 Å². The summed E-state index contributed by atoms with van der Waals surface area (Å²) in [6.45, 7) is 5.23. The SMILES string of the molecule is CC1CN(S(=O)(=O)c2cnn(CCO)c2)CC(C)N1C. The summed E-state index contributed by atoms with van der Waals surface area (Å²) in [5.74, 6) is 0. The van der Waals surface area contributed by atoms with Gasteiger partial charge in [0.2, 0.25) is 10.0 Å². The molecule has 2 unspecified atom stereocenters. The summed E-state index contributed by atoms with van der Waals surface area (Å²) in [5, 5.41) is 12.8. The Hall–Kier alpha value is -0.960. The molecule has 1 fully saturated rings. The number of hydrogen-bond acceptors (Lipinski definition) is 5. The van der Waals surface area contributed by atoms with Crippen LogP contribution in [-0.2, 0) is 16.6 Å². The van der Waals surface area contributed by atoms with E-state index < -0.39 is 10.0 Å². The number of nitrogens with zero attached hydrogens (tertiary/aromatic N) is 4. The first kappa shape index (κ1) is 15.4. The second-order valence-corrected chi connectivity index (χ2v) is 7.29. The van der Waals surface area contributed by atoms with Crippen molar-refractivity contribution in [3.8, 4) is 0 Å². The summed E-state index contributed by atoms with van der Waals surface area (Å²) in [7, 11) is -1.49. The molecular formula is C12H22N4O3S. The van der Waals surface area contributed by atoms with Crippen LogP contribution in [0.15, 0.2) is 17.3 Å². The Morgan fingerprint density at radius 2 is 1.95 bits per heavy atom. The molecule has 2 heterocycles. The summed E-state index contributed by atoms with van der Waals surface area (Å²) >= 11 is 0. The van der Waals surface area contributed by atoms with Gasteiger partial charge >= 0.3 is 0 Å². The van der Waals surface area contributed by atoms with Crippen LogP contribution >= 0.6 is 0 Å². The van der Waals surface area contributed by atoms with Gasteiger partial charge in [-0.25, -0.2) is 8.42 Å². The third-order valence-electron chi connectivity index (χ3n) is 3.90. The van der Waals surface area contributed by atoms with E-state index >= 15 is 0 Å². The van der Waals surface area contributed by atoms with Crippen molar-refractivity contribution in [2.45, 2.75) is 37.4 Å². The first-order valence-corrected chi connectivity index (χ1v) is 8.15. The lowest BCUT2D eigenvalue weighted by atomic mass is 10.1. The van der Waals surface area contributed by atoms with Crippen LogP contribution in [0.4, 0.5) is 0 Å². The molecule has 7 nitrogen and oxygen atoms in total. The molecule has 0 amide bonds. The number of hydrogen-bond donors (Lipinski definition) is 1. The van der Waals surface area contributed by atoms with E-state index in [9.17, 15) is 8.42 Å². The van der Waals surface area contributed by atoms with Crippen LogP contribution < -0.4 is 0 Å². The van der Waals surface area contributed by atoms with Crippen LogP contribution in [-0.4, -0.2) is 71.3 Å². The highest BCUT2D eigenvalue weighted by Crippen LogP contribution is 2.21. The molecule has 114 valence electrons. The van der Waals surface area contributed by atoms with Crippen molar-refractivity contribution in [1.29, 1.82) is 0 Å². The Morgan fingerprint density at radius 3 is 2.50 bits per heavy atom. The summed E-state index contributed by atoms with van der Waals surface area (Å²) in [5.41, 5.74) is 0. The van der Waals surface area contributed by atoms with E-state index in [1.807, 2.05) is 20.9 Å². The van der Waals surface area contributed by atoms with Crippen LogP contribution in [0.3, 0.4) is 0 Å². The quantitative estimate of drug-likeness (QED) is 0.818. The summed E-state index contributed by atoms with van der Waals surface area (Å²) in [4.78, 5) is 2.37. The van der Waals surface area contributed by atoms with Gasteiger partial charge in [0.1, 0.15) is 4.90 Å². The van der Waals surface area contributed by atoms with Gasteiger partial charge in [-0.2, -0.15) is 9.40 Å². The lowest BCUT2D eigenvalue weighted by molar-refractivity contribution is 0.105. The number of likely N-dealkylation sites (N-methyl/N-ethyl adjacent to an activating group) is 1. The molecule has 2 rings (SSSR count). The average Bonchev–Trinajstić information content (AvgIpc) is 2.85. The fraction of sp³-hybridized carbons (Fsp3) is 0.750. The van der Waals surface area contributed by atoms with Gasteiger partial charge in [-0.05, 0) is 20.9 Å². The van der Waals surface area contributed by atoms with Gasteiger partial charge in [0.05, 0.1) is 19.3 Å². The molecule has 1 aliphatic rings. The standard InChI is InChI=1S/C12H22N4O3S/c1-10-7-16(8-11(2)14(10)3)20(18,19)12-6-13-15(9-12)4-5-17/h6,9-11,17H,4-5,7-8H2,1-3H3. The Morgan fingerprint density at radius 1 is 1.35 bits per heavy atom. The molecule has 0 saturated carbocycles. The highest BCUT2D eigenvalue weighted by molar-refractivity contribution is 7.89. The minimum absolute atomic E-state index is 0.0657. The molecule has 0 spiro atoms. The Labute approximate surface area is 119 Å². The third-order valence-corrected chi connectivity index (χ3v) is 5.69. The number of piperazine rings is 1. The molecule has 1 aromatic heterocycles. The van der Waals surface area contributed by atoms with E-state index in [-0.39, 0.29) is 23.6 Å². The fourth-order valence-corrected chi connectivity index (χ4v) is 3.96. The Kier molecular flexibility index (Phi) is 4.48. The van der Waals surface area contributed by atoms with Crippen LogP contribution in [0, 0.1) is 0 Å². The van der Waals surface area contributed by atoms with Crippen molar-refractivity contribution in [2.75, 3.05) is 26.7 Å². The largest absolute Gasteiger partial charge is 0.394 e. The molecule has 1 N–H and O–H groups in total. The smallest absolute Gasteiger partial charge is 0.246 e. The average molecular weight is 302 g/mol. The monoisotopic (exact) mass is 302 g/mol. The normalized spacial score (nSPS) is 26.0. The van der Waals surface area contributed by atoms with Crippen LogP contribution in [0.25, 0.3) is 0 Å². The van der Waals surface area contributed by atoms with E-state index in [1.54, 1.807) is 0 Å². The minimum atomic E-state index is -3.51. The highest BCUT2D eigenvalue weighted by atomic mass is 32.2. The van der Waals surface area contributed by atoms with Gasteiger partial charge < -0.3 is 5.11 Å². The summed E-state index contributed by atoms with van der Waals surface area (Å²) < 4.78 is 28.1. The first-order chi connectivity index (χ1) is 9.36. The number of aromatic nitrogens is 2. The zero-order valence-corrected chi connectivity index (χ0v) is 12.9. The molecule has 0 bridgehead atoms. The number of aliphatic hydroxyl groups excluding tert-OH is 1. The molecule has 8 heteroatoms. The third kappa shape index (κ3) is 2.88. The maximum Gasteiger partial charge on any atom is 0.246 e. The summed E-state index contributed by atoms with van der Waals surface area (Å²) in [6, 6.07) is 0.363. The number of sulfonamides is 1. The zero-order chi connectivity index (χ0) is 14.9. The van der Waals surface area contributed by atoms with Crippen molar-refractivity contribution in [3.05, 3.63) is 12.4 Å². The van der Waals surface area contributed by atoms with Crippen molar-refractivity contribution < 1.29 is 13.5 Å². The lowest BCUT2D eigenvalue weighted by Gasteiger charge is -2.41. The van der Waals surface area contributed by atoms with Crippen molar-refractivity contribution in [2.24, 2.45) is 0 Å². The maximum absolute atomic E-state index is 12.6. The van der Waals surface area contributed by atoms with Crippen molar-refractivity contribution in [1.82, 2.24) is 19.0 Å². The zero-order valence-electron chi connectivity index (χ0n) is 12.1. The van der Waals surface area contributed by atoms with Gasteiger partial charge in [0, 0.05) is 31.4 Å². The van der Waals surface area contributed by atoms with Gasteiger partial charge in [0.25, 0.3) is 0 Å². The second kappa shape index (κ2) is 5.80. The van der Waals surface area contributed by atoms with Crippen LogP contribution in [0.1, 0.15) is 13.8 Å². The van der Waals surface area contributed by atoms with E-state index in [4.69, 9.17) is 5.11 Å². The van der Waals surface area contributed by atoms with E-state index in [0.717, 1.165) is 0 Å². The van der Waals surface area contributed by atoms with Gasteiger partial charge in [-0.15, -0.1) is 0 Å². The van der Waals surface area contributed by atoms with Gasteiger partial charge in [-0.1, -0.05) is 0 Å². The fourth-order valence-electron chi connectivity index (χ4n) is 2.40. The molecule has 1 saturated heterocycles. The van der Waals surface area contributed by atoms with E-state index in [2.05, 4.69) is 10.00 Å². The highest BCUT2D eigenvalue weighted by Gasteiger charge is 2.34. The molecular weight excluding hydrogens is 280 g/mol. The molecule has 1 aliphatic heterocycles. The second-order valence-electron chi connectivity index (χ2n) is 5.35. The van der Waals surface area contributed by atoms with Crippen molar-refractivity contribution >= 4 is 10.0 Å². The summed E-state index contributed by atoms with van der Waals surface area (Å²) in [6.07, 6.45) is 2.82. The van der Waals surface area contributed by atoms with E-state index in [1.165, 1.54) is 21.4 Å². The predicted molar refractivity (Wildman–Crippen MR) is 74.8 cm³/mol. The molecule has 0 aromatic carbocycles. The lowest BCUT2D eigenvalue weighted by Crippen LogP contribution is -2.56. The van der Waals surface area contributed by atoms with Crippen molar-refractivity contribution in [3.63, 3.8) is 0 Å². The molecule has 20 heavy (non-hydrogen) atoms. The van der Waals surface area contributed by atoms with Crippen LogP contribution in [0.2, 0.25) is 0 Å². The molecule has 0 radical (unpaired) electrons. The first-order valence-electron chi connectivity index (χ1n) is 6.71. The number of rotatable bonds is 4. The molecule has 2 atom stereocenters. The Bertz CT molecular complexity index is 545. The molecule has 0 aliphatic carbocycles. The van der Waals surface area contributed by atoms with Gasteiger partial charge in [0.15, 0.2) is 0 Å². The Balaban J connectivity index is 2.21. The van der Waals surface area contributed by atoms with Gasteiger partial charge in [-0.3, -0.25) is 9.58 Å². The number of aliphatic hydroxyl groups is 1. The maximum atomic E-state index is 12.6. The van der Waals surface area contributed by atoms with Crippen LogP contribution in [0.5, 0.6) is 0 Å². The molecule has 1 aromatic rings. The predicted octanol–water partition coefficient (Wildman–Crippen LogP) is -0.411. The topological polar surface area (TPSA) is 78.7 Å². The minimum Gasteiger partial charge on any atom is -0.394 e.